The number of hydrogen-bond acceptors (Lipinski definition) is 4. The van der Waals surface area contributed by atoms with Crippen molar-refractivity contribution in [3.05, 3.63) is 58.7 Å². The minimum atomic E-state index is -0.265. The minimum Gasteiger partial charge on any atom is -0.454 e. The number of hydrogen-bond donors (Lipinski definition) is 2. The fourth-order valence-corrected chi connectivity index (χ4v) is 2.70. The van der Waals surface area contributed by atoms with Gasteiger partial charge in [0, 0.05) is 5.56 Å². The highest BCUT2D eigenvalue weighted by Gasteiger charge is 2.17. The smallest absolute Gasteiger partial charge is 0.251 e. The van der Waals surface area contributed by atoms with E-state index in [4.69, 9.17) is 9.47 Å². The van der Waals surface area contributed by atoms with E-state index in [-0.39, 0.29) is 31.2 Å². The summed E-state index contributed by atoms with van der Waals surface area (Å²) in [6.07, 6.45) is 0. The Hall–Kier alpha value is -3.02. The van der Waals surface area contributed by atoms with Gasteiger partial charge in [-0.15, -0.1) is 0 Å². The molecule has 2 aromatic carbocycles. The van der Waals surface area contributed by atoms with Gasteiger partial charge in [0.1, 0.15) is 0 Å². The van der Waals surface area contributed by atoms with E-state index in [0.717, 1.165) is 16.7 Å². The summed E-state index contributed by atoms with van der Waals surface area (Å²) in [5.41, 5.74) is 3.61. The number of carbonyl (C=O) groups is 2. The van der Waals surface area contributed by atoms with Crippen molar-refractivity contribution in [1.29, 1.82) is 0 Å². The molecule has 0 spiro atoms. The van der Waals surface area contributed by atoms with Crippen LogP contribution in [0, 0.1) is 13.8 Å². The predicted molar refractivity (Wildman–Crippen MR) is 97.4 cm³/mol. The molecule has 6 nitrogen and oxygen atoms in total. The number of carbonyl (C=O) groups excluding carboxylic acids is 2. The SMILES string of the molecule is Cc1ccc(C(=O)NCC(=O)N[C@H](C)c2ccc3c(c2)OCO3)cc1C. The van der Waals surface area contributed by atoms with E-state index in [1.165, 1.54) is 0 Å². The van der Waals surface area contributed by atoms with Crippen molar-refractivity contribution >= 4 is 11.8 Å². The topological polar surface area (TPSA) is 76.7 Å². The maximum atomic E-state index is 12.2. The van der Waals surface area contributed by atoms with Gasteiger partial charge >= 0.3 is 0 Å². The molecule has 0 saturated carbocycles. The molecule has 0 bridgehead atoms. The maximum absolute atomic E-state index is 12.2. The molecule has 2 amide bonds. The van der Waals surface area contributed by atoms with E-state index < -0.39 is 0 Å². The summed E-state index contributed by atoms with van der Waals surface area (Å²) in [4.78, 5) is 24.3. The number of aryl methyl sites for hydroxylation is 2. The van der Waals surface area contributed by atoms with Gasteiger partial charge < -0.3 is 20.1 Å². The first-order chi connectivity index (χ1) is 12.4. The third kappa shape index (κ3) is 3.96. The average Bonchev–Trinajstić information content (AvgIpc) is 3.09. The molecule has 6 heteroatoms. The van der Waals surface area contributed by atoms with Crippen molar-refractivity contribution < 1.29 is 19.1 Å². The average molecular weight is 354 g/mol. The third-order valence-corrected chi connectivity index (χ3v) is 4.45. The first kappa shape index (κ1) is 17.8. The highest BCUT2D eigenvalue weighted by atomic mass is 16.7. The fraction of sp³-hybridized carbons (Fsp3) is 0.300. The van der Waals surface area contributed by atoms with Gasteiger partial charge in [-0.2, -0.15) is 0 Å². The molecule has 136 valence electrons. The molecule has 2 aromatic rings. The Morgan fingerprint density at radius 2 is 1.81 bits per heavy atom. The lowest BCUT2D eigenvalue weighted by Gasteiger charge is -2.15. The van der Waals surface area contributed by atoms with Gasteiger partial charge in [-0.1, -0.05) is 12.1 Å². The molecule has 26 heavy (non-hydrogen) atoms. The zero-order valence-corrected chi connectivity index (χ0v) is 15.1. The van der Waals surface area contributed by atoms with E-state index in [1.54, 1.807) is 6.07 Å². The molecule has 2 N–H and O–H groups in total. The van der Waals surface area contributed by atoms with Crippen LogP contribution in [0.2, 0.25) is 0 Å². The van der Waals surface area contributed by atoms with Crippen molar-refractivity contribution in [2.24, 2.45) is 0 Å². The van der Waals surface area contributed by atoms with Crippen LogP contribution in [-0.4, -0.2) is 25.2 Å². The molecule has 0 fully saturated rings. The molecule has 0 aromatic heterocycles. The fourth-order valence-electron chi connectivity index (χ4n) is 2.70. The zero-order valence-electron chi connectivity index (χ0n) is 15.1. The summed E-state index contributed by atoms with van der Waals surface area (Å²) < 4.78 is 10.6. The quantitative estimate of drug-likeness (QED) is 0.865. The first-order valence-electron chi connectivity index (χ1n) is 8.48. The van der Waals surface area contributed by atoms with E-state index in [9.17, 15) is 9.59 Å². The second-order valence-corrected chi connectivity index (χ2v) is 6.38. The number of nitrogens with one attached hydrogen (secondary N) is 2. The van der Waals surface area contributed by atoms with Gasteiger partial charge in [-0.25, -0.2) is 0 Å². The van der Waals surface area contributed by atoms with Crippen LogP contribution in [0.15, 0.2) is 36.4 Å². The number of ether oxygens (including phenoxy) is 2. The molecule has 1 aliphatic heterocycles. The van der Waals surface area contributed by atoms with Gasteiger partial charge in [-0.3, -0.25) is 9.59 Å². The molecule has 1 aliphatic rings. The second-order valence-electron chi connectivity index (χ2n) is 6.38. The molecular weight excluding hydrogens is 332 g/mol. The van der Waals surface area contributed by atoms with Crippen LogP contribution >= 0.6 is 0 Å². The Kier molecular flexibility index (Phi) is 5.11. The van der Waals surface area contributed by atoms with E-state index >= 15 is 0 Å². The number of amides is 2. The van der Waals surface area contributed by atoms with Crippen LogP contribution in [0.25, 0.3) is 0 Å². The van der Waals surface area contributed by atoms with E-state index in [2.05, 4.69) is 10.6 Å². The molecule has 0 aliphatic carbocycles. The standard InChI is InChI=1S/C20H22N2O4/c1-12-4-5-16(8-13(12)2)20(24)21-10-19(23)22-14(3)15-6-7-17-18(9-15)26-11-25-17/h4-9,14H,10-11H2,1-3H3,(H,21,24)(H,22,23)/t14-/m1/s1. The Morgan fingerprint density at radius 1 is 1.04 bits per heavy atom. The summed E-state index contributed by atoms with van der Waals surface area (Å²) in [6.45, 7) is 5.94. The number of fused-ring (bicyclic) bond motifs is 1. The zero-order chi connectivity index (χ0) is 18.7. The van der Waals surface area contributed by atoms with Gasteiger partial charge in [0.25, 0.3) is 5.91 Å². The summed E-state index contributed by atoms with van der Waals surface area (Å²) in [5, 5.41) is 5.51. The second kappa shape index (κ2) is 7.47. The van der Waals surface area contributed by atoms with Crippen LogP contribution in [0.5, 0.6) is 11.5 Å². The minimum absolute atomic E-state index is 0.0827. The van der Waals surface area contributed by atoms with Gasteiger partial charge in [0.05, 0.1) is 12.6 Å². The lowest BCUT2D eigenvalue weighted by atomic mass is 10.1. The first-order valence-corrected chi connectivity index (χ1v) is 8.48. The van der Waals surface area contributed by atoms with Gasteiger partial charge in [0.2, 0.25) is 12.7 Å². The molecular formula is C20H22N2O4. The van der Waals surface area contributed by atoms with E-state index in [0.29, 0.717) is 17.1 Å². The maximum Gasteiger partial charge on any atom is 0.251 e. The summed E-state index contributed by atoms with van der Waals surface area (Å²) in [6, 6.07) is 10.8. The third-order valence-electron chi connectivity index (χ3n) is 4.45. The molecule has 1 atom stereocenters. The highest BCUT2D eigenvalue weighted by molar-refractivity contribution is 5.96. The lowest BCUT2D eigenvalue weighted by molar-refractivity contribution is -0.120. The van der Waals surface area contributed by atoms with Crippen molar-refractivity contribution in [2.75, 3.05) is 13.3 Å². The Bertz CT molecular complexity index is 848. The predicted octanol–water partition coefficient (Wildman–Crippen LogP) is 2.64. The molecule has 0 unspecified atom stereocenters. The van der Waals surface area contributed by atoms with Crippen LogP contribution in [0.4, 0.5) is 0 Å². The largest absolute Gasteiger partial charge is 0.454 e. The van der Waals surface area contributed by atoms with Crippen LogP contribution in [-0.2, 0) is 4.79 Å². The Balaban J connectivity index is 1.53. The number of benzene rings is 2. The molecule has 3 rings (SSSR count). The summed E-state index contributed by atoms with van der Waals surface area (Å²) in [5.74, 6) is 0.853. The molecule has 0 radical (unpaired) electrons. The Labute approximate surface area is 152 Å². The normalized spacial score (nSPS) is 13.2. The molecule has 1 heterocycles. The summed E-state index contributed by atoms with van der Waals surface area (Å²) in [7, 11) is 0. The lowest BCUT2D eigenvalue weighted by Crippen LogP contribution is -2.38. The van der Waals surface area contributed by atoms with E-state index in [1.807, 2.05) is 51.1 Å². The van der Waals surface area contributed by atoms with Gasteiger partial charge in [0.15, 0.2) is 11.5 Å². The highest BCUT2D eigenvalue weighted by Crippen LogP contribution is 2.34. The van der Waals surface area contributed by atoms with Crippen LogP contribution in [0.1, 0.15) is 40.0 Å². The summed E-state index contributed by atoms with van der Waals surface area (Å²) >= 11 is 0. The van der Waals surface area contributed by atoms with Crippen molar-refractivity contribution in [3.63, 3.8) is 0 Å². The molecule has 0 saturated heterocycles. The van der Waals surface area contributed by atoms with Crippen molar-refractivity contribution in [3.8, 4) is 11.5 Å². The monoisotopic (exact) mass is 354 g/mol. The number of rotatable bonds is 5. The Morgan fingerprint density at radius 3 is 2.58 bits per heavy atom. The van der Waals surface area contributed by atoms with Crippen LogP contribution < -0.4 is 20.1 Å². The van der Waals surface area contributed by atoms with Crippen molar-refractivity contribution in [1.82, 2.24) is 10.6 Å². The van der Waals surface area contributed by atoms with Crippen molar-refractivity contribution in [2.45, 2.75) is 26.8 Å². The van der Waals surface area contributed by atoms with Gasteiger partial charge in [-0.05, 0) is 61.7 Å². The van der Waals surface area contributed by atoms with Crippen LogP contribution in [0.3, 0.4) is 0 Å².